The molecule has 0 aliphatic rings. The number of methoxy groups -OCH3 is 1. The van der Waals surface area contributed by atoms with Crippen LogP contribution in [0.2, 0.25) is 0 Å². The first-order valence-electron chi connectivity index (χ1n) is 11.3. The van der Waals surface area contributed by atoms with E-state index >= 15 is 0 Å². The van der Waals surface area contributed by atoms with Gasteiger partial charge >= 0.3 is 0 Å². The van der Waals surface area contributed by atoms with Gasteiger partial charge in [0.25, 0.3) is 5.91 Å². The Bertz CT molecular complexity index is 1490. The summed E-state index contributed by atoms with van der Waals surface area (Å²) < 4.78 is 40.8. The van der Waals surface area contributed by atoms with Crippen molar-refractivity contribution >= 4 is 27.1 Å². The Kier molecular flexibility index (Phi) is 7.96. The van der Waals surface area contributed by atoms with E-state index in [4.69, 9.17) is 14.2 Å². The summed E-state index contributed by atoms with van der Waals surface area (Å²) in [6, 6.07) is 15.5. The third-order valence-corrected chi connectivity index (χ3v) is 7.45. The van der Waals surface area contributed by atoms with Crippen LogP contribution in [0.15, 0.2) is 65.7 Å². The van der Waals surface area contributed by atoms with Crippen LogP contribution < -0.4 is 14.8 Å². The Labute approximate surface area is 219 Å². The van der Waals surface area contributed by atoms with Crippen molar-refractivity contribution in [2.45, 2.75) is 17.9 Å². The number of benzene rings is 2. The number of aromatic amines is 1. The third-order valence-electron chi connectivity index (χ3n) is 5.29. The molecule has 9 nitrogen and oxygen atoms in total. The van der Waals surface area contributed by atoms with Crippen LogP contribution in [0.4, 0.5) is 0 Å². The Morgan fingerprint density at radius 3 is 2.43 bits per heavy atom. The van der Waals surface area contributed by atoms with Crippen molar-refractivity contribution in [1.29, 1.82) is 0 Å². The largest absolute Gasteiger partial charge is 0.488 e. The van der Waals surface area contributed by atoms with Crippen molar-refractivity contribution in [1.82, 2.24) is 15.3 Å². The first-order chi connectivity index (χ1) is 17.7. The quantitative estimate of drug-likeness (QED) is 0.297. The second-order valence-corrected chi connectivity index (χ2v) is 11.4. The van der Waals surface area contributed by atoms with E-state index in [1.807, 2.05) is 31.2 Å². The number of carbonyl (C=O) groups excluding carboxylic acids is 1. The van der Waals surface area contributed by atoms with Crippen LogP contribution in [0.1, 0.15) is 16.6 Å². The zero-order chi connectivity index (χ0) is 26.6. The molecule has 0 saturated heterocycles. The van der Waals surface area contributed by atoms with Gasteiger partial charge in [0.05, 0.1) is 23.4 Å². The zero-order valence-corrected chi connectivity index (χ0v) is 22.4. The summed E-state index contributed by atoms with van der Waals surface area (Å²) >= 11 is 1.29. The topological polar surface area (TPSA) is 120 Å². The number of carbonyl (C=O) groups is 1. The molecule has 1 atom stereocenters. The molecule has 2 heterocycles. The van der Waals surface area contributed by atoms with E-state index in [9.17, 15) is 13.2 Å². The fourth-order valence-electron chi connectivity index (χ4n) is 3.56. The lowest BCUT2D eigenvalue weighted by atomic mass is 10.1. The highest BCUT2D eigenvalue weighted by molar-refractivity contribution is 7.90. The number of amides is 1. The number of ether oxygens (including phenoxy) is 3. The fourth-order valence-corrected chi connectivity index (χ4v) is 5.03. The number of nitrogens with one attached hydrogen (secondary N) is 2. The van der Waals surface area contributed by atoms with Gasteiger partial charge in [-0.25, -0.2) is 13.4 Å². The molecule has 0 fully saturated rings. The van der Waals surface area contributed by atoms with Crippen LogP contribution in [-0.4, -0.2) is 57.4 Å². The molecule has 0 unspecified atom stereocenters. The van der Waals surface area contributed by atoms with E-state index in [-0.39, 0.29) is 16.9 Å². The molecule has 194 valence electrons. The number of nitrogens with zero attached hydrogens (tertiary/aromatic N) is 1. The van der Waals surface area contributed by atoms with E-state index < -0.39 is 9.84 Å². The van der Waals surface area contributed by atoms with Gasteiger partial charge < -0.3 is 24.5 Å². The fraction of sp³-hybridized carbons (Fsp3) is 0.231. The monoisotopic (exact) mass is 541 g/mol. The lowest BCUT2D eigenvalue weighted by Gasteiger charge is -2.16. The third kappa shape index (κ3) is 6.56. The predicted molar refractivity (Wildman–Crippen MR) is 142 cm³/mol. The van der Waals surface area contributed by atoms with Crippen molar-refractivity contribution in [2.75, 3.05) is 27.0 Å². The molecule has 4 rings (SSSR count). The van der Waals surface area contributed by atoms with E-state index in [1.165, 1.54) is 23.5 Å². The van der Waals surface area contributed by atoms with Crippen LogP contribution in [0.5, 0.6) is 17.2 Å². The first kappa shape index (κ1) is 26.4. The number of hydrogen-bond donors (Lipinski definition) is 2. The van der Waals surface area contributed by atoms with E-state index in [1.54, 1.807) is 38.6 Å². The molecule has 4 aromatic rings. The SMILES string of the molecule is CNC(=O)c1cnc(-c2ccc(-c3cc(Oc4ccc(S(C)(=O)=O)cc4)cc(O[C@@H](C)COC)c3)[nH]2)s1. The minimum atomic E-state index is -3.30. The molecule has 2 N–H and O–H groups in total. The molecule has 1 amide bonds. The summed E-state index contributed by atoms with van der Waals surface area (Å²) in [4.78, 5) is 20.3. The Morgan fingerprint density at radius 1 is 1.05 bits per heavy atom. The van der Waals surface area contributed by atoms with Gasteiger partial charge in [-0.2, -0.15) is 0 Å². The summed E-state index contributed by atoms with van der Waals surface area (Å²) in [5.74, 6) is 1.39. The van der Waals surface area contributed by atoms with Crippen LogP contribution in [-0.2, 0) is 14.6 Å². The number of hydrogen-bond acceptors (Lipinski definition) is 8. The summed E-state index contributed by atoms with van der Waals surface area (Å²) in [6.45, 7) is 2.32. The van der Waals surface area contributed by atoms with Crippen molar-refractivity contribution in [3.63, 3.8) is 0 Å². The first-order valence-corrected chi connectivity index (χ1v) is 14.0. The predicted octanol–water partition coefficient (Wildman–Crippen LogP) is 4.77. The normalized spacial score (nSPS) is 12.2. The molecule has 37 heavy (non-hydrogen) atoms. The number of aromatic nitrogens is 2. The molecule has 0 bridgehead atoms. The zero-order valence-electron chi connectivity index (χ0n) is 20.8. The van der Waals surface area contributed by atoms with E-state index in [2.05, 4.69) is 15.3 Å². The molecule has 2 aromatic heterocycles. The van der Waals surface area contributed by atoms with Crippen LogP contribution in [0.3, 0.4) is 0 Å². The molecule has 0 saturated carbocycles. The Balaban J connectivity index is 1.65. The molecular formula is C26H27N3O6S2. The van der Waals surface area contributed by atoms with Crippen LogP contribution in [0, 0.1) is 0 Å². The maximum absolute atomic E-state index is 11.9. The average Bonchev–Trinajstić information content (AvgIpc) is 3.53. The van der Waals surface area contributed by atoms with Gasteiger partial charge in [0.15, 0.2) is 9.84 Å². The second kappa shape index (κ2) is 11.2. The van der Waals surface area contributed by atoms with Crippen LogP contribution in [0.25, 0.3) is 22.0 Å². The molecule has 0 spiro atoms. The van der Waals surface area contributed by atoms with Crippen LogP contribution >= 0.6 is 11.3 Å². The van der Waals surface area contributed by atoms with Gasteiger partial charge in [-0.05, 0) is 55.5 Å². The lowest BCUT2D eigenvalue weighted by molar-refractivity contribution is 0.0920. The number of rotatable bonds is 10. The lowest BCUT2D eigenvalue weighted by Crippen LogP contribution is -2.17. The molecule has 0 aliphatic heterocycles. The molecule has 2 aromatic carbocycles. The molecular weight excluding hydrogens is 514 g/mol. The van der Waals surface area contributed by atoms with Gasteiger partial charge in [0.1, 0.15) is 33.2 Å². The smallest absolute Gasteiger partial charge is 0.262 e. The highest BCUT2D eigenvalue weighted by atomic mass is 32.2. The van der Waals surface area contributed by atoms with E-state index in [0.717, 1.165) is 23.2 Å². The van der Waals surface area contributed by atoms with Gasteiger partial charge in [0.2, 0.25) is 0 Å². The highest BCUT2D eigenvalue weighted by Crippen LogP contribution is 2.34. The molecule has 0 radical (unpaired) electrons. The average molecular weight is 542 g/mol. The molecule has 0 aliphatic carbocycles. The maximum Gasteiger partial charge on any atom is 0.262 e. The Morgan fingerprint density at radius 2 is 1.76 bits per heavy atom. The number of H-pyrrole nitrogens is 1. The summed E-state index contributed by atoms with van der Waals surface area (Å²) in [7, 11) is -0.114. The summed E-state index contributed by atoms with van der Waals surface area (Å²) in [6.07, 6.45) is 2.51. The van der Waals surface area contributed by atoms with Gasteiger partial charge in [0, 0.05) is 37.7 Å². The highest BCUT2D eigenvalue weighted by Gasteiger charge is 2.15. The van der Waals surface area contributed by atoms with Crippen molar-refractivity contribution < 1.29 is 27.4 Å². The molecule has 11 heteroatoms. The number of sulfone groups is 1. The number of thiazole rings is 1. The van der Waals surface area contributed by atoms with Crippen molar-refractivity contribution in [3.05, 3.63) is 65.7 Å². The van der Waals surface area contributed by atoms with Gasteiger partial charge in [-0.3, -0.25) is 4.79 Å². The second-order valence-electron chi connectivity index (χ2n) is 8.32. The van der Waals surface area contributed by atoms with Crippen molar-refractivity contribution in [2.24, 2.45) is 0 Å². The van der Waals surface area contributed by atoms with Crippen molar-refractivity contribution in [3.8, 4) is 39.2 Å². The minimum absolute atomic E-state index is 0.183. The minimum Gasteiger partial charge on any atom is -0.488 e. The van der Waals surface area contributed by atoms with Gasteiger partial charge in [-0.15, -0.1) is 11.3 Å². The van der Waals surface area contributed by atoms with Gasteiger partial charge in [-0.1, -0.05) is 0 Å². The summed E-state index contributed by atoms with van der Waals surface area (Å²) in [5, 5.41) is 3.29. The summed E-state index contributed by atoms with van der Waals surface area (Å²) in [5.41, 5.74) is 2.38. The Hall–Kier alpha value is -3.67. The standard InChI is InChI=1S/C26H27N3O6S2/c1-16(15-33-3)34-19-11-17(12-20(13-19)35-18-5-7-21(8-6-18)37(4,31)32)22-9-10-23(29-22)26-28-14-24(36-26)25(30)27-2/h5-14,16,29H,15H2,1-4H3,(H,27,30)/t16-/m0/s1. The maximum atomic E-state index is 11.9. The van der Waals surface area contributed by atoms with E-state index in [0.29, 0.717) is 33.7 Å².